The molecule has 3 heteroatoms. The van der Waals surface area contributed by atoms with Crippen LogP contribution in [-0.4, -0.2) is 32.2 Å². The molecule has 0 amide bonds. The normalized spacial score (nSPS) is 22.2. The molecule has 0 aromatic heterocycles. The lowest BCUT2D eigenvalue weighted by Crippen LogP contribution is -2.19. The molecule has 1 fully saturated rings. The van der Waals surface area contributed by atoms with Gasteiger partial charge in [-0.1, -0.05) is 56.2 Å². The summed E-state index contributed by atoms with van der Waals surface area (Å²) in [6, 6.07) is 10.4. The minimum Gasteiger partial charge on any atom is -0.379 e. The van der Waals surface area contributed by atoms with Crippen molar-refractivity contribution in [2.75, 3.05) is 19.8 Å². The summed E-state index contributed by atoms with van der Waals surface area (Å²) in [5, 5.41) is 0. The standard InChI is InChI=1S/C19H28O3/c1-3-5-7-12-17(13-16-10-8-6-9-11-16)19-21-15-18(22-19)14-20-4-2/h6,8-11,13,18-19H,3-5,7,12,14-15H2,1-2H3/b17-13+. The second-order valence-electron chi connectivity index (χ2n) is 5.67. The zero-order valence-corrected chi connectivity index (χ0v) is 13.8. The third-order valence-electron chi connectivity index (χ3n) is 3.78. The highest BCUT2D eigenvalue weighted by molar-refractivity contribution is 5.53. The van der Waals surface area contributed by atoms with Crippen LogP contribution in [0, 0.1) is 0 Å². The third-order valence-corrected chi connectivity index (χ3v) is 3.78. The molecule has 2 unspecified atom stereocenters. The lowest BCUT2D eigenvalue weighted by molar-refractivity contribution is -0.0470. The summed E-state index contributed by atoms with van der Waals surface area (Å²) in [6.07, 6.45) is 6.70. The van der Waals surface area contributed by atoms with Gasteiger partial charge >= 0.3 is 0 Å². The van der Waals surface area contributed by atoms with Crippen LogP contribution >= 0.6 is 0 Å². The fourth-order valence-electron chi connectivity index (χ4n) is 2.58. The predicted octanol–water partition coefficient (Wildman–Crippen LogP) is 4.43. The van der Waals surface area contributed by atoms with E-state index in [0.29, 0.717) is 19.8 Å². The SMILES string of the molecule is CCCCC/C(=C\c1ccccc1)C1OCC(COCC)O1. The predicted molar refractivity (Wildman–Crippen MR) is 89.7 cm³/mol. The van der Waals surface area contributed by atoms with E-state index in [1.165, 1.54) is 30.4 Å². The van der Waals surface area contributed by atoms with E-state index in [1.54, 1.807) is 0 Å². The molecule has 1 saturated heterocycles. The van der Waals surface area contributed by atoms with E-state index in [2.05, 4.69) is 37.3 Å². The van der Waals surface area contributed by atoms with Gasteiger partial charge in [0.2, 0.25) is 0 Å². The Balaban J connectivity index is 2.00. The van der Waals surface area contributed by atoms with Crippen LogP contribution in [0.3, 0.4) is 0 Å². The van der Waals surface area contributed by atoms with Crippen molar-refractivity contribution in [3.05, 3.63) is 41.5 Å². The van der Waals surface area contributed by atoms with E-state index in [1.807, 2.05) is 13.0 Å². The molecule has 1 aliphatic heterocycles. The summed E-state index contributed by atoms with van der Waals surface area (Å²) >= 11 is 0. The van der Waals surface area contributed by atoms with Crippen molar-refractivity contribution in [2.24, 2.45) is 0 Å². The molecular formula is C19H28O3. The molecule has 1 aromatic carbocycles. The van der Waals surface area contributed by atoms with E-state index in [0.717, 1.165) is 6.42 Å². The number of unbranched alkanes of at least 4 members (excludes halogenated alkanes) is 2. The summed E-state index contributed by atoms with van der Waals surface area (Å²) in [4.78, 5) is 0. The number of rotatable bonds is 9. The van der Waals surface area contributed by atoms with Crippen LogP contribution in [0.5, 0.6) is 0 Å². The lowest BCUT2D eigenvalue weighted by atomic mass is 10.0. The van der Waals surface area contributed by atoms with Crippen molar-refractivity contribution >= 4 is 6.08 Å². The molecule has 1 heterocycles. The summed E-state index contributed by atoms with van der Waals surface area (Å²) in [6.45, 7) is 6.17. The molecule has 0 saturated carbocycles. The minimum atomic E-state index is -0.220. The molecule has 0 spiro atoms. The maximum Gasteiger partial charge on any atom is 0.180 e. The van der Waals surface area contributed by atoms with E-state index >= 15 is 0 Å². The molecule has 3 nitrogen and oxygen atoms in total. The average molecular weight is 304 g/mol. The Bertz CT molecular complexity index is 441. The number of benzene rings is 1. The Morgan fingerprint density at radius 2 is 2.05 bits per heavy atom. The monoisotopic (exact) mass is 304 g/mol. The van der Waals surface area contributed by atoms with Gasteiger partial charge in [-0.05, 0) is 30.9 Å². The van der Waals surface area contributed by atoms with Crippen LogP contribution in [0.15, 0.2) is 35.9 Å². The van der Waals surface area contributed by atoms with Gasteiger partial charge in [0.1, 0.15) is 6.10 Å². The molecule has 0 N–H and O–H groups in total. The zero-order valence-electron chi connectivity index (χ0n) is 13.8. The summed E-state index contributed by atoms with van der Waals surface area (Å²) in [7, 11) is 0. The van der Waals surface area contributed by atoms with Crippen LogP contribution in [0.1, 0.15) is 45.1 Å². The fourth-order valence-corrected chi connectivity index (χ4v) is 2.58. The third kappa shape index (κ3) is 5.56. The highest BCUT2D eigenvalue weighted by atomic mass is 16.7. The van der Waals surface area contributed by atoms with Crippen LogP contribution in [0.4, 0.5) is 0 Å². The maximum absolute atomic E-state index is 6.01. The average Bonchev–Trinajstić information content (AvgIpc) is 3.02. The van der Waals surface area contributed by atoms with Gasteiger partial charge in [0.25, 0.3) is 0 Å². The summed E-state index contributed by atoms with van der Waals surface area (Å²) < 4.78 is 17.3. The van der Waals surface area contributed by atoms with Crippen molar-refractivity contribution in [2.45, 2.75) is 51.9 Å². The number of hydrogen-bond acceptors (Lipinski definition) is 3. The lowest BCUT2D eigenvalue weighted by Gasteiger charge is -2.16. The first-order valence-corrected chi connectivity index (χ1v) is 8.43. The topological polar surface area (TPSA) is 27.7 Å². The van der Waals surface area contributed by atoms with Gasteiger partial charge in [-0.3, -0.25) is 0 Å². The molecule has 0 aliphatic carbocycles. The van der Waals surface area contributed by atoms with Gasteiger partial charge in [-0.2, -0.15) is 0 Å². The van der Waals surface area contributed by atoms with Crippen LogP contribution in [0.2, 0.25) is 0 Å². The highest BCUT2D eigenvalue weighted by Gasteiger charge is 2.28. The number of hydrogen-bond donors (Lipinski definition) is 0. The van der Waals surface area contributed by atoms with Crippen molar-refractivity contribution in [3.63, 3.8) is 0 Å². The zero-order chi connectivity index (χ0) is 15.6. The highest BCUT2D eigenvalue weighted by Crippen LogP contribution is 2.25. The fraction of sp³-hybridized carbons (Fsp3) is 0.579. The van der Waals surface area contributed by atoms with Crippen molar-refractivity contribution in [1.29, 1.82) is 0 Å². The van der Waals surface area contributed by atoms with Gasteiger partial charge < -0.3 is 14.2 Å². The molecule has 2 rings (SSSR count). The van der Waals surface area contributed by atoms with Crippen molar-refractivity contribution in [3.8, 4) is 0 Å². The maximum atomic E-state index is 6.01. The van der Waals surface area contributed by atoms with Crippen LogP contribution < -0.4 is 0 Å². The Morgan fingerprint density at radius 1 is 1.23 bits per heavy atom. The second-order valence-corrected chi connectivity index (χ2v) is 5.67. The largest absolute Gasteiger partial charge is 0.379 e. The number of ether oxygens (including phenoxy) is 3. The Hall–Kier alpha value is -1.16. The van der Waals surface area contributed by atoms with Gasteiger partial charge in [0.15, 0.2) is 6.29 Å². The Labute approximate surface area is 134 Å². The van der Waals surface area contributed by atoms with Crippen molar-refractivity contribution < 1.29 is 14.2 Å². The first kappa shape index (κ1) is 17.2. The van der Waals surface area contributed by atoms with Crippen molar-refractivity contribution in [1.82, 2.24) is 0 Å². The van der Waals surface area contributed by atoms with Gasteiger partial charge in [-0.15, -0.1) is 0 Å². The summed E-state index contributed by atoms with van der Waals surface area (Å²) in [5.74, 6) is 0. The molecule has 0 radical (unpaired) electrons. The first-order valence-electron chi connectivity index (χ1n) is 8.43. The molecule has 1 aliphatic rings. The van der Waals surface area contributed by atoms with Crippen LogP contribution in [-0.2, 0) is 14.2 Å². The van der Waals surface area contributed by atoms with Gasteiger partial charge in [-0.25, -0.2) is 0 Å². The van der Waals surface area contributed by atoms with E-state index < -0.39 is 0 Å². The molecule has 122 valence electrons. The molecule has 0 bridgehead atoms. The van der Waals surface area contributed by atoms with E-state index in [-0.39, 0.29) is 12.4 Å². The molecular weight excluding hydrogens is 276 g/mol. The Kier molecular flexibility index (Phi) is 7.64. The van der Waals surface area contributed by atoms with E-state index in [4.69, 9.17) is 14.2 Å². The summed E-state index contributed by atoms with van der Waals surface area (Å²) in [5.41, 5.74) is 2.44. The smallest absolute Gasteiger partial charge is 0.180 e. The second kappa shape index (κ2) is 9.78. The van der Waals surface area contributed by atoms with Gasteiger partial charge in [0.05, 0.1) is 13.2 Å². The molecule has 22 heavy (non-hydrogen) atoms. The molecule has 1 aromatic rings. The van der Waals surface area contributed by atoms with Gasteiger partial charge in [0, 0.05) is 6.61 Å². The Morgan fingerprint density at radius 3 is 2.77 bits per heavy atom. The minimum absolute atomic E-state index is 0.0512. The van der Waals surface area contributed by atoms with Crippen LogP contribution in [0.25, 0.3) is 6.08 Å². The molecule has 2 atom stereocenters. The quantitative estimate of drug-likeness (QED) is 0.632. The van der Waals surface area contributed by atoms with E-state index in [9.17, 15) is 0 Å². The first-order chi connectivity index (χ1) is 10.8.